The molecule has 7 atom stereocenters. The first-order valence-electron chi connectivity index (χ1n) is 17.0. The molecule has 1 saturated heterocycles. The van der Waals surface area contributed by atoms with Gasteiger partial charge in [0.15, 0.2) is 22.8 Å². The third kappa shape index (κ3) is 15.4. The van der Waals surface area contributed by atoms with Crippen molar-refractivity contribution in [2.24, 2.45) is 5.41 Å². The standard InChI is InChI=1S/C28H46N7O18P3S/c1-4-5-6-16(36)11-19(38)57-10-9-30-18(37)7-8-31-26(41)23(40)28(2,3)13-50-56(47,48)53-55(45,46)49-12-17-22(52-54(42,43)44)21(39)27(51-17)35-15-34-20-24(29)32-14-33-25(20)35/h14-15,17,21-23,27,39-40H,4-13H2,1-3H3,(H,30,37)(H,31,41)(H,45,46)(H,47,48)(H2,29,32,33)(H2,42,43,44). The molecule has 2 aromatic rings. The SMILES string of the molecule is CCCCC(=O)CC(=O)SCCNC(=O)CCNC(=O)C(O)C(C)(C)COP(=O)(O)OP(=O)(O)OCC1OC(n2cnc3c(N)ncnc32)C(O)C1OP(=O)(O)O. The zero-order valence-corrected chi connectivity index (χ0v) is 34.3. The van der Waals surface area contributed by atoms with Crippen LogP contribution in [0.15, 0.2) is 12.7 Å². The Balaban J connectivity index is 1.47. The fourth-order valence-electron chi connectivity index (χ4n) is 4.97. The number of aliphatic hydroxyl groups excluding tert-OH is 2. The number of nitrogen functional groups attached to an aromatic ring is 1. The highest BCUT2D eigenvalue weighted by molar-refractivity contribution is 8.13. The van der Waals surface area contributed by atoms with Gasteiger partial charge in [0, 0.05) is 37.1 Å². The Labute approximate surface area is 329 Å². The van der Waals surface area contributed by atoms with Crippen LogP contribution in [0, 0.1) is 5.41 Å². The van der Waals surface area contributed by atoms with Crippen molar-refractivity contribution in [3.8, 4) is 0 Å². The summed E-state index contributed by atoms with van der Waals surface area (Å²) in [5.41, 5.74) is 4.23. The molecule has 1 fully saturated rings. The summed E-state index contributed by atoms with van der Waals surface area (Å²) in [6.45, 7) is 2.25. The zero-order valence-electron chi connectivity index (χ0n) is 30.8. The number of fused-ring (bicyclic) bond motifs is 1. The first kappa shape index (κ1) is 48.6. The molecule has 1 aliphatic rings. The largest absolute Gasteiger partial charge is 0.481 e. The van der Waals surface area contributed by atoms with Gasteiger partial charge in [0.1, 0.15) is 42.0 Å². The van der Waals surface area contributed by atoms with E-state index in [0.717, 1.165) is 35.4 Å². The quantitative estimate of drug-likeness (QED) is 0.0375. The van der Waals surface area contributed by atoms with E-state index in [-0.39, 0.29) is 59.6 Å². The molecule has 3 heterocycles. The van der Waals surface area contributed by atoms with Crippen LogP contribution in [-0.4, -0.2) is 128 Å². The van der Waals surface area contributed by atoms with E-state index in [4.69, 9.17) is 19.5 Å². The van der Waals surface area contributed by atoms with E-state index < -0.39 is 84.6 Å². The summed E-state index contributed by atoms with van der Waals surface area (Å²) in [7, 11) is -16.4. The number of ketones is 1. The molecule has 0 spiro atoms. The highest BCUT2D eigenvalue weighted by Gasteiger charge is 2.50. The number of imidazole rings is 1. The lowest BCUT2D eigenvalue weighted by atomic mass is 9.87. The van der Waals surface area contributed by atoms with E-state index in [0.29, 0.717) is 12.8 Å². The summed E-state index contributed by atoms with van der Waals surface area (Å²) in [4.78, 5) is 99.1. The van der Waals surface area contributed by atoms with Crippen LogP contribution in [0.25, 0.3) is 11.2 Å². The molecule has 10 N–H and O–H groups in total. The van der Waals surface area contributed by atoms with Crippen molar-refractivity contribution in [3.05, 3.63) is 12.7 Å². The molecule has 0 aromatic carbocycles. The van der Waals surface area contributed by atoms with Gasteiger partial charge in [-0.15, -0.1) is 0 Å². The van der Waals surface area contributed by atoms with Gasteiger partial charge in [0.05, 0.1) is 26.0 Å². The lowest BCUT2D eigenvalue weighted by Gasteiger charge is -2.30. The van der Waals surface area contributed by atoms with Gasteiger partial charge in [-0.1, -0.05) is 39.0 Å². The second-order valence-electron chi connectivity index (χ2n) is 13.1. The Morgan fingerprint density at radius 3 is 2.39 bits per heavy atom. The van der Waals surface area contributed by atoms with Crippen molar-refractivity contribution in [1.82, 2.24) is 30.2 Å². The molecule has 2 aromatic heterocycles. The number of carbonyl (C=O) groups excluding carboxylic acids is 4. The maximum absolute atomic E-state index is 12.7. The molecule has 0 aliphatic carbocycles. The number of aromatic nitrogens is 4. The maximum Gasteiger partial charge on any atom is 0.481 e. The minimum atomic E-state index is -5.58. The second kappa shape index (κ2) is 21.0. The van der Waals surface area contributed by atoms with Gasteiger partial charge in [0.2, 0.25) is 11.8 Å². The number of aliphatic hydroxyl groups is 2. The van der Waals surface area contributed by atoms with E-state index in [2.05, 4.69) is 34.4 Å². The van der Waals surface area contributed by atoms with Crippen LogP contribution in [0.1, 0.15) is 59.1 Å². The second-order valence-corrected chi connectivity index (χ2v) is 18.5. The van der Waals surface area contributed by atoms with Crippen LogP contribution >= 0.6 is 35.2 Å². The maximum atomic E-state index is 12.7. The van der Waals surface area contributed by atoms with Crippen molar-refractivity contribution in [3.63, 3.8) is 0 Å². The molecule has 0 bridgehead atoms. The molecule has 57 heavy (non-hydrogen) atoms. The topological polar surface area (TPSA) is 381 Å². The average molecular weight is 894 g/mol. The molecular weight excluding hydrogens is 847 g/mol. The van der Waals surface area contributed by atoms with Crippen molar-refractivity contribution < 1.29 is 85.3 Å². The number of anilines is 1. The van der Waals surface area contributed by atoms with Gasteiger partial charge in [-0.3, -0.25) is 37.3 Å². The molecule has 25 nitrogen and oxygen atoms in total. The number of rotatable bonds is 24. The van der Waals surface area contributed by atoms with Crippen LogP contribution in [0.2, 0.25) is 0 Å². The van der Waals surface area contributed by atoms with E-state index in [1.807, 2.05) is 6.92 Å². The summed E-state index contributed by atoms with van der Waals surface area (Å²) < 4.78 is 62.0. The van der Waals surface area contributed by atoms with Crippen molar-refractivity contribution >= 4 is 74.9 Å². The highest BCUT2D eigenvalue weighted by atomic mass is 32.2. The first-order valence-corrected chi connectivity index (χ1v) is 22.5. The number of nitrogens with zero attached hydrogens (tertiary/aromatic N) is 4. The van der Waals surface area contributed by atoms with Crippen LogP contribution in [0.4, 0.5) is 5.82 Å². The smallest absolute Gasteiger partial charge is 0.386 e. The van der Waals surface area contributed by atoms with Crippen molar-refractivity contribution in [2.45, 2.75) is 83.5 Å². The summed E-state index contributed by atoms with van der Waals surface area (Å²) in [5, 5.41) is 26.0. The summed E-state index contributed by atoms with van der Waals surface area (Å²) in [6, 6.07) is 0. The number of amides is 2. The molecule has 2 amide bonds. The van der Waals surface area contributed by atoms with Crippen LogP contribution in [0.3, 0.4) is 0 Å². The van der Waals surface area contributed by atoms with Gasteiger partial charge in [-0.2, -0.15) is 4.31 Å². The summed E-state index contributed by atoms with van der Waals surface area (Å²) >= 11 is 0.911. The lowest BCUT2D eigenvalue weighted by Crippen LogP contribution is -2.46. The van der Waals surface area contributed by atoms with E-state index in [9.17, 15) is 62.7 Å². The fourth-order valence-corrected chi connectivity index (χ4v) is 8.49. The number of hydrogen-bond donors (Lipinski definition) is 9. The monoisotopic (exact) mass is 893 g/mol. The number of thioether (sulfide) groups is 1. The minimum absolute atomic E-state index is 0.0247. The highest BCUT2D eigenvalue weighted by Crippen LogP contribution is 2.61. The number of phosphoric acid groups is 3. The van der Waals surface area contributed by atoms with Gasteiger partial charge in [-0.25, -0.2) is 28.6 Å². The minimum Gasteiger partial charge on any atom is -0.386 e. The molecule has 0 radical (unpaired) electrons. The Kier molecular flexibility index (Phi) is 17.9. The number of phosphoric ester groups is 3. The van der Waals surface area contributed by atoms with Crippen LogP contribution in [0.5, 0.6) is 0 Å². The number of carbonyl (C=O) groups is 4. The lowest BCUT2D eigenvalue weighted by molar-refractivity contribution is -0.137. The number of nitrogens with two attached hydrogens (primary N) is 1. The van der Waals surface area contributed by atoms with Crippen LogP contribution < -0.4 is 16.4 Å². The third-order valence-corrected chi connectivity index (χ3v) is 11.9. The fraction of sp³-hybridized carbons (Fsp3) is 0.679. The van der Waals surface area contributed by atoms with E-state index in [1.165, 1.54) is 13.8 Å². The predicted molar refractivity (Wildman–Crippen MR) is 196 cm³/mol. The zero-order chi connectivity index (χ0) is 42.8. The Bertz CT molecular complexity index is 1880. The Morgan fingerprint density at radius 1 is 1.04 bits per heavy atom. The third-order valence-electron chi connectivity index (χ3n) is 7.92. The molecule has 3 rings (SSSR count). The van der Waals surface area contributed by atoms with Crippen molar-refractivity contribution in [1.29, 1.82) is 0 Å². The van der Waals surface area contributed by atoms with Gasteiger partial charge >= 0.3 is 23.5 Å². The van der Waals surface area contributed by atoms with Gasteiger partial charge < -0.3 is 50.9 Å². The van der Waals surface area contributed by atoms with Crippen LogP contribution in [-0.2, 0) is 55.5 Å². The molecule has 1 aliphatic heterocycles. The number of hydrogen-bond acceptors (Lipinski definition) is 19. The number of nitrogens with one attached hydrogen (secondary N) is 2. The number of Topliss-reactive ketones (excluding diaryl/α,β-unsaturated/α-hetero) is 1. The summed E-state index contributed by atoms with van der Waals surface area (Å²) in [6.07, 6.45) is -5.31. The Morgan fingerprint density at radius 2 is 1.72 bits per heavy atom. The molecular formula is C28H46N7O18P3S. The molecule has 7 unspecified atom stereocenters. The van der Waals surface area contributed by atoms with Gasteiger partial charge in [0.25, 0.3) is 0 Å². The number of unbranched alkanes of at least 4 members (excludes halogenated alkanes) is 1. The normalized spacial score (nSPS) is 21.4. The predicted octanol–water partition coefficient (Wildman–Crippen LogP) is -0.186. The average Bonchev–Trinajstić information content (AvgIpc) is 3.67. The Hall–Kier alpha value is -2.77. The molecule has 29 heteroatoms. The van der Waals surface area contributed by atoms with Gasteiger partial charge in [-0.05, 0) is 6.42 Å². The van der Waals surface area contributed by atoms with E-state index in [1.54, 1.807) is 0 Å². The first-order chi connectivity index (χ1) is 26.4. The summed E-state index contributed by atoms with van der Waals surface area (Å²) in [5.74, 6) is -1.45. The number of ether oxygens (including phenoxy) is 1. The molecule has 322 valence electrons. The molecule has 0 saturated carbocycles. The van der Waals surface area contributed by atoms with E-state index >= 15 is 0 Å². The van der Waals surface area contributed by atoms with Crippen molar-refractivity contribution in [2.75, 3.05) is 37.8 Å².